The fourth-order valence-electron chi connectivity index (χ4n) is 5.80. The van der Waals surface area contributed by atoms with Gasteiger partial charge in [-0.25, -0.2) is 0 Å². The normalized spacial score (nSPS) is 35.2. The molecule has 1 heterocycles. The fourth-order valence-corrected chi connectivity index (χ4v) is 5.80. The van der Waals surface area contributed by atoms with Crippen LogP contribution in [0.2, 0.25) is 0 Å². The van der Waals surface area contributed by atoms with E-state index in [1.165, 1.54) is 37.3 Å². The smallest absolute Gasteiger partial charge is 0.302 e. The molecular weight excluding hydrogens is 312 g/mol. The molecular formula is C22H32O3. The molecule has 2 saturated carbocycles. The van der Waals surface area contributed by atoms with E-state index in [0.29, 0.717) is 18.4 Å². The van der Waals surface area contributed by atoms with Crippen molar-refractivity contribution in [2.24, 2.45) is 22.7 Å². The van der Waals surface area contributed by atoms with Gasteiger partial charge in [-0.15, -0.1) is 0 Å². The predicted octanol–water partition coefficient (Wildman–Crippen LogP) is 5.55. The number of aryl methyl sites for hydroxylation is 1. The molecule has 3 nitrogen and oxygen atoms in total. The quantitative estimate of drug-likeness (QED) is 0.519. The zero-order chi connectivity index (χ0) is 18.1. The molecule has 138 valence electrons. The maximum absolute atomic E-state index is 11.4. The van der Waals surface area contributed by atoms with Crippen LogP contribution in [0.15, 0.2) is 35.2 Å². The maximum atomic E-state index is 11.4. The van der Waals surface area contributed by atoms with Gasteiger partial charge in [0, 0.05) is 12.3 Å². The molecule has 2 fully saturated rings. The Balaban J connectivity index is 1.79. The second-order valence-corrected chi connectivity index (χ2v) is 8.77. The van der Waals surface area contributed by atoms with E-state index in [0.717, 1.165) is 25.7 Å². The van der Waals surface area contributed by atoms with Gasteiger partial charge < -0.3 is 9.15 Å². The Bertz CT molecular complexity index is 617. The summed E-state index contributed by atoms with van der Waals surface area (Å²) in [6.07, 6.45) is 11.7. The number of esters is 1. The Morgan fingerprint density at radius 3 is 2.88 bits per heavy atom. The molecule has 0 unspecified atom stereocenters. The second-order valence-electron chi connectivity index (χ2n) is 8.77. The van der Waals surface area contributed by atoms with E-state index in [1.807, 2.05) is 6.26 Å². The Labute approximate surface area is 151 Å². The molecule has 3 rings (SSSR count). The zero-order valence-corrected chi connectivity index (χ0v) is 16.0. The first-order valence-electron chi connectivity index (χ1n) is 9.67. The summed E-state index contributed by atoms with van der Waals surface area (Å²) in [7, 11) is 0. The van der Waals surface area contributed by atoms with E-state index in [1.54, 1.807) is 6.26 Å². The highest BCUT2D eigenvalue weighted by Crippen LogP contribution is 2.61. The van der Waals surface area contributed by atoms with Gasteiger partial charge in [0.05, 0.1) is 19.1 Å². The van der Waals surface area contributed by atoms with Crippen molar-refractivity contribution in [3.8, 4) is 0 Å². The SMILES string of the molecule is C=C1CC[C@H]2[C@](C)(COC(C)=O)CCC[C@@]2(C)[C@@H]1CCc1ccoc1. The Morgan fingerprint density at radius 2 is 2.20 bits per heavy atom. The molecule has 2 aliphatic carbocycles. The van der Waals surface area contributed by atoms with Gasteiger partial charge in [-0.1, -0.05) is 32.4 Å². The first-order chi connectivity index (χ1) is 11.8. The zero-order valence-electron chi connectivity index (χ0n) is 16.0. The lowest BCUT2D eigenvalue weighted by molar-refractivity contribution is -0.152. The van der Waals surface area contributed by atoms with Crippen LogP contribution in [0, 0.1) is 22.7 Å². The van der Waals surface area contributed by atoms with Crippen molar-refractivity contribution in [3.63, 3.8) is 0 Å². The first kappa shape index (κ1) is 18.3. The van der Waals surface area contributed by atoms with Crippen LogP contribution >= 0.6 is 0 Å². The molecule has 4 atom stereocenters. The Kier molecular flexibility index (Phi) is 5.13. The molecule has 0 aromatic carbocycles. The third kappa shape index (κ3) is 3.56. The van der Waals surface area contributed by atoms with Crippen molar-refractivity contribution in [1.29, 1.82) is 0 Å². The Hall–Kier alpha value is -1.51. The van der Waals surface area contributed by atoms with Gasteiger partial charge in [0.1, 0.15) is 0 Å². The first-order valence-corrected chi connectivity index (χ1v) is 9.67. The molecule has 1 aromatic rings. The number of hydrogen-bond acceptors (Lipinski definition) is 3. The topological polar surface area (TPSA) is 39.4 Å². The second kappa shape index (κ2) is 7.01. The van der Waals surface area contributed by atoms with Crippen LogP contribution in [0.1, 0.15) is 64.9 Å². The Morgan fingerprint density at radius 1 is 1.40 bits per heavy atom. The molecule has 0 spiro atoms. The van der Waals surface area contributed by atoms with E-state index in [4.69, 9.17) is 9.15 Å². The highest BCUT2D eigenvalue weighted by Gasteiger charge is 2.54. The summed E-state index contributed by atoms with van der Waals surface area (Å²) < 4.78 is 10.7. The summed E-state index contributed by atoms with van der Waals surface area (Å²) in [4.78, 5) is 11.4. The van der Waals surface area contributed by atoms with Crippen LogP contribution in [0.4, 0.5) is 0 Å². The van der Waals surface area contributed by atoms with E-state index >= 15 is 0 Å². The van der Waals surface area contributed by atoms with E-state index in [2.05, 4.69) is 26.5 Å². The largest absolute Gasteiger partial charge is 0.472 e. The summed E-state index contributed by atoms with van der Waals surface area (Å²) in [5, 5.41) is 0. The van der Waals surface area contributed by atoms with Crippen LogP contribution in [0.25, 0.3) is 0 Å². The van der Waals surface area contributed by atoms with Crippen LogP contribution in [-0.2, 0) is 16.0 Å². The van der Waals surface area contributed by atoms with E-state index < -0.39 is 0 Å². The number of ether oxygens (including phenoxy) is 1. The number of fused-ring (bicyclic) bond motifs is 1. The molecule has 25 heavy (non-hydrogen) atoms. The minimum absolute atomic E-state index is 0.0905. The highest BCUT2D eigenvalue weighted by molar-refractivity contribution is 5.65. The van der Waals surface area contributed by atoms with Crippen molar-refractivity contribution in [1.82, 2.24) is 0 Å². The minimum Gasteiger partial charge on any atom is -0.472 e. The van der Waals surface area contributed by atoms with Crippen LogP contribution in [-0.4, -0.2) is 12.6 Å². The van der Waals surface area contributed by atoms with Gasteiger partial charge in [-0.05, 0) is 67.4 Å². The summed E-state index contributed by atoms with van der Waals surface area (Å²) in [6, 6.07) is 2.07. The molecule has 0 saturated heterocycles. The summed E-state index contributed by atoms with van der Waals surface area (Å²) in [6.45, 7) is 11.3. The average Bonchev–Trinajstić information content (AvgIpc) is 3.05. The van der Waals surface area contributed by atoms with Crippen LogP contribution in [0.5, 0.6) is 0 Å². The number of carbonyl (C=O) groups is 1. The van der Waals surface area contributed by atoms with E-state index in [-0.39, 0.29) is 16.8 Å². The standard InChI is InChI=1S/C22H32O3/c1-16-6-9-20-21(3,15-25-17(2)23)11-5-12-22(20,4)19(16)8-7-18-10-13-24-14-18/h10,13-14,19-20H,1,5-9,11-12,15H2,2-4H3/t19-,20+,21+,22+/m1/s1. The highest BCUT2D eigenvalue weighted by atomic mass is 16.5. The molecule has 3 heteroatoms. The van der Waals surface area contributed by atoms with Gasteiger partial charge in [0.25, 0.3) is 0 Å². The van der Waals surface area contributed by atoms with Crippen LogP contribution in [0.3, 0.4) is 0 Å². The molecule has 2 aliphatic rings. The minimum atomic E-state index is -0.162. The van der Waals surface area contributed by atoms with Crippen molar-refractivity contribution in [2.75, 3.05) is 6.61 Å². The van der Waals surface area contributed by atoms with Crippen molar-refractivity contribution in [3.05, 3.63) is 36.3 Å². The summed E-state index contributed by atoms with van der Waals surface area (Å²) in [5.41, 5.74) is 3.04. The number of furan rings is 1. The van der Waals surface area contributed by atoms with Gasteiger partial charge in [-0.3, -0.25) is 4.79 Å². The van der Waals surface area contributed by atoms with Gasteiger partial charge in [0.15, 0.2) is 0 Å². The molecule has 0 radical (unpaired) electrons. The third-order valence-electron chi connectivity index (χ3n) is 7.05. The lowest BCUT2D eigenvalue weighted by Crippen LogP contribution is -2.52. The summed E-state index contributed by atoms with van der Waals surface area (Å²) >= 11 is 0. The molecule has 0 bridgehead atoms. The molecule has 0 N–H and O–H groups in total. The van der Waals surface area contributed by atoms with E-state index in [9.17, 15) is 4.79 Å². The monoisotopic (exact) mass is 344 g/mol. The number of allylic oxidation sites excluding steroid dienone is 1. The average molecular weight is 344 g/mol. The van der Waals surface area contributed by atoms with Crippen LogP contribution < -0.4 is 0 Å². The lowest BCUT2D eigenvalue weighted by atomic mass is 9.47. The van der Waals surface area contributed by atoms with Gasteiger partial charge >= 0.3 is 5.97 Å². The van der Waals surface area contributed by atoms with Crippen molar-refractivity contribution < 1.29 is 13.9 Å². The van der Waals surface area contributed by atoms with Crippen molar-refractivity contribution in [2.45, 2.75) is 65.7 Å². The number of rotatable bonds is 5. The van der Waals surface area contributed by atoms with Crippen molar-refractivity contribution >= 4 is 5.97 Å². The molecule has 0 aliphatic heterocycles. The summed E-state index contributed by atoms with van der Waals surface area (Å²) in [5.74, 6) is 0.969. The fraction of sp³-hybridized carbons (Fsp3) is 0.682. The van der Waals surface area contributed by atoms with Gasteiger partial charge in [-0.2, -0.15) is 0 Å². The lowest BCUT2D eigenvalue weighted by Gasteiger charge is -2.58. The molecule has 0 amide bonds. The maximum Gasteiger partial charge on any atom is 0.302 e. The predicted molar refractivity (Wildman–Crippen MR) is 99.1 cm³/mol. The number of hydrogen-bond donors (Lipinski definition) is 0. The number of carbonyl (C=O) groups excluding carboxylic acids is 1. The third-order valence-corrected chi connectivity index (χ3v) is 7.05. The molecule has 1 aromatic heterocycles. The van der Waals surface area contributed by atoms with Gasteiger partial charge in [0.2, 0.25) is 0 Å².